The van der Waals surface area contributed by atoms with Crippen molar-refractivity contribution in [2.75, 3.05) is 0 Å². The summed E-state index contributed by atoms with van der Waals surface area (Å²) in [6.45, 7) is 0. The number of benzene rings is 1. The molecule has 0 saturated carbocycles. The summed E-state index contributed by atoms with van der Waals surface area (Å²) in [4.78, 5) is 0. The lowest BCUT2D eigenvalue weighted by Gasteiger charge is -2.09. The number of thioether (sulfide) groups is 2. The van der Waals surface area contributed by atoms with Crippen LogP contribution in [0, 0.1) is 0 Å². The SMILES string of the molecule is FC(F)(F)c1cccc(CSC2N=NC(=S)S2)c1. The summed E-state index contributed by atoms with van der Waals surface area (Å²) in [5, 5.41) is 7.60. The molecular weight excluding hydrogens is 301 g/mol. The highest BCUT2D eigenvalue weighted by atomic mass is 32.2. The molecule has 8 heteroatoms. The van der Waals surface area contributed by atoms with Crippen LogP contribution < -0.4 is 0 Å². The molecule has 0 aliphatic carbocycles. The lowest BCUT2D eigenvalue weighted by Crippen LogP contribution is -2.05. The van der Waals surface area contributed by atoms with Gasteiger partial charge >= 0.3 is 6.18 Å². The van der Waals surface area contributed by atoms with Gasteiger partial charge in [0.25, 0.3) is 0 Å². The first-order valence-corrected chi connectivity index (χ1v) is 7.18. The Balaban J connectivity index is 1.98. The van der Waals surface area contributed by atoms with Gasteiger partial charge in [0.1, 0.15) is 0 Å². The summed E-state index contributed by atoms with van der Waals surface area (Å²) >= 11 is 7.58. The predicted molar refractivity (Wildman–Crippen MR) is 71.6 cm³/mol. The minimum absolute atomic E-state index is 0.146. The standard InChI is InChI=1S/C10H7F3N2S3/c11-10(12,13)7-3-1-2-6(4-7)5-17-9-15-14-8(16)18-9/h1-4,9H,5H2. The minimum Gasteiger partial charge on any atom is -0.166 e. The van der Waals surface area contributed by atoms with Crippen LogP contribution in [0.1, 0.15) is 11.1 Å². The van der Waals surface area contributed by atoms with Crippen molar-refractivity contribution in [3.8, 4) is 0 Å². The molecule has 2 rings (SSSR count). The Morgan fingerprint density at radius 2 is 2.17 bits per heavy atom. The van der Waals surface area contributed by atoms with Crippen LogP contribution in [0.2, 0.25) is 0 Å². The molecule has 0 spiro atoms. The Morgan fingerprint density at radius 1 is 1.39 bits per heavy atom. The zero-order valence-corrected chi connectivity index (χ0v) is 11.3. The number of nitrogens with zero attached hydrogens (tertiary/aromatic N) is 2. The van der Waals surface area contributed by atoms with Crippen molar-refractivity contribution in [1.82, 2.24) is 0 Å². The third-order valence-corrected chi connectivity index (χ3v) is 4.61. The Morgan fingerprint density at radius 3 is 2.78 bits per heavy atom. The molecule has 2 nitrogen and oxygen atoms in total. The Hall–Kier alpha value is -0.600. The third-order valence-electron chi connectivity index (χ3n) is 2.08. The first-order valence-electron chi connectivity index (χ1n) is 4.84. The number of alkyl halides is 3. The number of hydrogen-bond donors (Lipinski definition) is 0. The smallest absolute Gasteiger partial charge is 0.166 e. The Labute approximate surface area is 115 Å². The number of thiocarbonyl (C=S) groups is 1. The lowest BCUT2D eigenvalue weighted by molar-refractivity contribution is -0.137. The lowest BCUT2D eigenvalue weighted by atomic mass is 10.1. The number of halogens is 3. The number of azo groups is 1. The second-order valence-corrected chi connectivity index (χ2v) is 6.50. The van der Waals surface area contributed by atoms with E-state index in [0.717, 1.165) is 12.1 Å². The van der Waals surface area contributed by atoms with Crippen LogP contribution in [-0.4, -0.2) is 9.03 Å². The highest BCUT2D eigenvalue weighted by molar-refractivity contribution is 8.30. The van der Waals surface area contributed by atoms with E-state index in [2.05, 4.69) is 10.2 Å². The molecule has 0 bridgehead atoms. The van der Waals surface area contributed by atoms with E-state index in [1.807, 2.05) is 0 Å². The molecule has 0 amide bonds. The van der Waals surface area contributed by atoms with Crippen LogP contribution in [0.4, 0.5) is 13.2 Å². The van der Waals surface area contributed by atoms with Crippen molar-refractivity contribution in [2.24, 2.45) is 10.2 Å². The molecule has 1 heterocycles. The van der Waals surface area contributed by atoms with Crippen molar-refractivity contribution in [2.45, 2.75) is 16.6 Å². The molecule has 96 valence electrons. The minimum atomic E-state index is -4.30. The van der Waals surface area contributed by atoms with Gasteiger partial charge in [-0.1, -0.05) is 30.0 Å². The van der Waals surface area contributed by atoms with E-state index in [0.29, 0.717) is 15.6 Å². The van der Waals surface area contributed by atoms with Gasteiger partial charge in [0.2, 0.25) is 0 Å². The van der Waals surface area contributed by atoms with Crippen molar-refractivity contribution >= 4 is 40.1 Å². The highest BCUT2D eigenvalue weighted by Gasteiger charge is 2.30. The van der Waals surface area contributed by atoms with Gasteiger partial charge in [-0.3, -0.25) is 0 Å². The molecule has 1 aromatic rings. The molecule has 0 saturated heterocycles. The van der Waals surface area contributed by atoms with E-state index >= 15 is 0 Å². The molecule has 1 aliphatic heterocycles. The molecule has 0 fully saturated rings. The first-order chi connectivity index (χ1) is 8.45. The summed E-state index contributed by atoms with van der Waals surface area (Å²) in [7, 11) is 0. The average Bonchev–Trinajstić information content (AvgIpc) is 2.72. The van der Waals surface area contributed by atoms with E-state index in [9.17, 15) is 13.2 Å². The van der Waals surface area contributed by atoms with Crippen molar-refractivity contribution in [3.63, 3.8) is 0 Å². The van der Waals surface area contributed by atoms with Crippen LogP contribution in [0.5, 0.6) is 0 Å². The van der Waals surface area contributed by atoms with Crippen molar-refractivity contribution < 1.29 is 13.2 Å². The van der Waals surface area contributed by atoms with E-state index < -0.39 is 11.7 Å². The third kappa shape index (κ3) is 3.69. The van der Waals surface area contributed by atoms with Gasteiger partial charge in [0.05, 0.1) is 5.56 Å². The molecule has 1 aromatic carbocycles. The fraction of sp³-hybridized carbons (Fsp3) is 0.300. The fourth-order valence-corrected chi connectivity index (χ4v) is 3.54. The Kier molecular flexibility index (Phi) is 4.29. The topological polar surface area (TPSA) is 24.7 Å². The molecule has 1 aliphatic rings. The van der Waals surface area contributed by atoms with Gasteiger partial charge in [0, 0.05) is 5.75 Å². The van der Waals surface area contributed by atoms with Gasteiger partial charge in [-0.05, 0) is 23.8 Å². The highest BCUT2D eigenvalue weighted by Crippen LogP contribution is 2.35. The van der Waals surface area contributed by atoms with Crippen LogP contribution in [-0.2, 0) is 11.9 Å². The number of rotatable bonds is 3. The van der Waals surface area contributed by atoms with Gasteiger partial charge in [-0.2, -0.15) is 18.3 Å². The molecule has 0 N–H and O–H groups in total. The molecular formula is C10H7F3N2S3. The van der Waals surface area contributed by atoms with Crippen LogP contribution in [0.25, 0.3) is 0 Å². The zero-order chi connectivity index (χ0) is 13.2. The maximum Gasteiger partial charge on any atom is 0.416 e. The predicted octanol–water partition coefficient (Wildman–Crippen LogP) is 4.71. The monoisotopic (exact) mass is 308 g/mol. The van der Waals surface area contributed by atoms with Crippen LogP contribution in [0.15, 0.2) is 34.5 Å². The average molecular weight is 308 g/mol. The van der Waals surface area contributed by atoms with Gasteiger partial charge in [0.15, 0.2) is 9.03 Å². The zero-order valence-electron chi connectivity index (χ0n) is 8.85. The molecule has 18 heavy (non-hydrogen) atoms. The van der Waals surface area contributed by atoms with Crippen LogP contribution >= 0.6 is 35.7 Å². The molecule has 1 unspecified atom stereocenters. The van der Waals surface area contributed by atoms with Gasteiger partial charge < -0.3 is 0 Å². The summed E-state index contributed by atoms with van der Waals surface area (Å²) in [5.74, 6) is 0.448. The Bertz CT molecular complexity index is 488. The molecule has 0 radical (unpaired) electrons. The first kappa shape index (κ1) is 13.8. The fourth-order valence-electron chi connectivity index (χ4n) is 1.30. The molecule has 1 atom stereocenters. The quantitative estimate of drug-likeness (QED) is 0.756. The maximum atomic E-state index is 12.5. The van der Waals surface area contributed by atoms with Gasteiger partial charge in [-0.15, -0.1) is 16.9 Å². The van der Waals surface area contributed by atoms with Crippen LogP contribution in [0.3, 0.4) is 0 Å². The van der Waals surface area contributed by atoms with Crippen molar-refractivity contribution in [1.29, 1.82) is 0 Å². The number of hydrogen-bond acceptors (Lipinski definition) is 4. The normalized spacial score (nSPS) is 19.5. The van der Waals surface area contributed by atoms with E-state index in [4.69, 9.17) is 12.2 Å². The van der Waals surface area contributed by atoms with Crippen molar-refractivity contribution in [3.05, 3.63) is 35.4 Å². The summed E-state index contributed by atoms with van der Waals surface area (Å²) in [6, 6.07) is 5.29. The summed E-state index contributed by atoms with van der Waals surface area (Å²) in [5.41, 5.74) is -0.0136. The van der Waals surface area contributed by atoms with Gasteiger partial charge in [-0.25, -0.2) is 0 Å². The maximum absolute atomic E-state index is 12.5. The second-order valence-electron chi connectivity index (χ2n) is 3.42. The molecule has 0 aromatic heterocycles. The second kappa shape index (κ2) is 5.58. The summed E-state index contributed by atoms with van der Waals surface area (Å²) < 4.78 is 37.8. The summed E-state index contributed by atoms with van der Waals surface area (Å²) in [6.07, 6.45) is -4.30. The van der Waals surface area contributed by atoms with E-state index in [1.54, 1.807) is 6.07 Å². The largest absolute Gasteiger partial charge is 0.416 e. The van der Waals surface area contributed by atoms with E-state index in [-0.39, 0.29) is 4.71 Å². The van der Waals surface area contributed by atoms with E-state index in [1.165, 1.54) is 29.6 Å².